The van der Waals surface area contributed by atoms with Crippen molar-refractivity contribution in [2.75, 3.05) is 13.2 Å². The highest BCUT2D eigenvalue weighted by Gasteiger charge is 2.47. The minimum atomic E-state index is -1.62. The molecular weight excluding hydrogens is 1010 g/mol. The Labute approximate surface area is 497 Å². The van der Waals surface area contributed by atoms with E-state index in [1.54, 1.807) is 6.08 Å². The molecule has 8 unspecified atom stereocenters. The summed E-state index contributed by atoms with van der Waals surface area (Å²) in [4.78, 5) is 26.6. The highest BCUT2D eigenvalue weighted by Crippen LogP contribution is 2.26. The number of nitrogens with one attached hydrogen (secondary N) is 1. The van der Waals surface area contributed by atoms with E-state index in [1.165, 1.54) is 180 Å². The summed E-state index contributed by atoms with van der Waals surface area (Å²) >= 11 is 0. The predicted molar refractivity (Wildman–Crippen MR) is 338 cm³/mol. The lowest BCUT2D eigenvalue weighted by atomic mass is 9.99. The fourth-order valence-electron chi connectivity index (χ4n) is 10.5. The Morgan fingerprint density at radius 1 is 0.481 bits per heavy atom. The van der Waals surface area contributed by atoms with Crippen LogP contribution in [0, 0.1) is 0 Å². The molecule has 11 nitrogen and oxygen atoms in total. The first-order valence-electron chi connectivity index (χ1n) is 34.1. The molecule has 0 aromatic rings. The number of esters is 1. The van der Waals surface area contributed by atoms with Crippen molar-refractivity contribution in [1.29, 1.82) is 0 Å². The van der Waals surface area contributed by atoms with E-state index >= 15 is 0 Å². The van der Waals surface area contributed by atoms with E-state index in [0.717, 1.165) is 83.5 Å². The van der Waals surface area contributed by atoms with Crippen LogP contribution in [-0.4, -0.2) is 99.6 Å². The monoisotopic (exact) mass is 1140 g/mol. The minimum absolute atomic E-state index is 0.122. The Morgan fingerprint density at radius 3 is 1.31 bits per heavy atom. The first-order chi connectivity index (χ1) is 39.7. The van der Waals surface area contributed by atoms with Gasteiger partial charge in [0, 0.05) is 6.42 Å². The summed E-state index contributed by atoms with van der Waals surface area (Å²) in [6.07, 6.45) is 62.6. The van der Waals surface area contributed by atoms with Crippen molar-refractivity contribution in [2.45, 2.75) is 359 Å². The highest BCUT2D eigenvalue weighted by molar-refractivity contribution is 5.80. The molecule has 0 radical (unpaired) electrons. The third-order valence-corrected chi connectivity index (χ3v) is 15.9. The van der Waals surface area contributed by atoms with E-state index < -0.39 is 67.4 Å². The minimum Gasteiger partial charge on any atom is -0.454 e. The molecule has 0 aromatic heterocycles. The van der Waals surface area contributed by atoms with Crippen molar-refractivity contribution in [3.8, 4) is 0 Å². The van der Waals surface area contributed by atoms with E-state index in [9.17, 15) is 35.1 Å². The summed E-state index contributed by atoms with van der Waals surface area (Å²) in [5.41, 5.74) is 0. The number of carbonyl (C=O) groups is 2. The van der Waals surface area contributed by atoms with Crippen LogP contribution >= 0.6 is 0 Å². The number of hydrogen-bond acceptors (Lipinski definition) is 10. The maximum Gasteiger partial charge on any atom is 0.306 e. The van der Waals surface area contributed by atoms with Gasteiger partial charge in [0.25, 0.3) is 0 Å². The van der Waals surface area contributed by atoms with Gasteiger partial charge in [-0.2, -0.15) is 0 Å². The zero-order valence-electron chi connectivity index (χ0n) is 52.4. The van der Waals surface area contributed by atoms with Crippen LogP contribution < -0.4 is 5.32 Å². The number of allylic oxidation sites excluding steroid dienone is 9. The van der Waals surface area contributed by atoms with Gasteiger partial charge in [-0.15, -0.1) is 0 Å². The fraction of sp³-hybridized carbons (Fsp3) is 0.829. The van der Waals surface area contributed by atoms with Gasteiger partial charge in [-0.3, -0.25) is 9.59 Å². The van der Waals surface area contributed by atoms with Crippen LogP contribution in [0.2, 0.25) is 0 Å². The molecule has 0 saturated carbocycles. The van der Waals surface area contributed by atoms with Gasteiger partial charge in [0.05, 0.1) is 25.4 Å². The summed E-state index contributed by atoms with van der Waals surface area (Å²) in [5, 5.41) is 57.1. The summed E-state index contributed by atoms with van der Waals surface area (Å²) < 4.78 is 17.7. The molecule has 1 aliphatic rings. The number of rotatable bonds is 58. The van der Waals surface area contributed by atoms with Crippen molar-refractivity contribution < 1.29 is 49.3 Å². The highest BCUT2D eigenvalue weighted by atomic mass is 16.7. The SMILES string of the molecule is CCCCC/C=C\C/C=C\C/C=C\CCCCCCCC(O)C(=O)NC(COC1OC(CO)C(O)C(O)C1OC(=O)CCCCCCCCCCCCCCC/C=C/CCCCCCCC)C(O)/C=C/CCCCCCCCCCC. The number of hydrogen-bond donors (Lipinski definition) is 6. The first kappa shape index (κ1) is 76.4. The largest absolute Gasteiger partial charge is 0.454 e. The lowest BCUT2D eigenvalue weighted by Gasteiger charge is -2.41. The average Bonchev–Trinajstić information content (AvgIpc) is 3.51. The Kier molecular flexibility index (Phi) is 54.5. The zero-order valence-corrected chi connectivity index (χ0v) is 52.4. The molecular formula is C70H127NO10. The quantitative estimate of drug-likeness (QED) is 0.0195. The molecule has 1 rings (SSSR count). The normalized spacial score (nSPS) is 19.0. The second-order valence-corrected chi connectivity index (χ2v) is 23.6. The van der Waals surface area contributed by atoms with Crippen LogP contribution in [0.3, 0.4) is 0 Å². The Morgan fingerprint density at radius 2 is 0.852 bits per heavy atom. The summed E-state index contributed by atoms with van der Waals surface area (Å²) in [6, 6.07) is -1.03. The standard InChI is InChI=1S/C70H127NO10/c1-4-7-10-13-16-19-22-24-26-28-30-31-32-33-34-36-38-40-43-46-49-52-55-58-65(75)81-68-67(77)66(76)64(59-72)80-70(68)79-60-61(62(73)56-53-50-47-44-41-21-18-15-12-9-6-3)71-69(78)63(74)57-54-51-48-45-42-39-37-35-29-27-25-23-20-17-14-11-8-5-2/h17,20,24-27,35,37,53,56,61-64,66-68,70,72-74,76-77H,4-16,18-19,21-23,28-34,36,38-52,54-55,57-60H2,1-3H3,(H,71,78)/b20-17-,26-24+,27-25-,37-35-,56-53+. The number of ether oxygens (including phenoxy) is 3. The number of unbranched alkanes of at least 4 members (excludes halogenated alkanes) is 36. The van der Waals surface area contributed by atoms with Crippen molar-refractivity contribution in [1.82, 2.24) is 5.32 Å². The molecule has 472 valence electrons. The summed E-state index contributed by atoms with van der Waals surface area (Å²) in [5.74, 6) is -1.20. The Bertz CT molecular complexity index is 1550. The second-order valence-electron chi connectivity index (χ2n) is 23.6. The molecule has 81 heavy (non-hydrogen) atoms. The van der Waals surface area contributed by atoms with Crippen LogP contribution in [0.15, 0.2) is 60.8 Å². The lowest BCUT2D eigenvalue weighted by molar-refractivity contribution is -0.305. The molecule has 11 heteroatoms. The number of aliphatic hydroxyl groups excluding tert-OH is 5. The van der Waals surface area contributed by atoms with Gasteiger partial charge in [-0.1, -0.05) is 274 Å². The van der Waals surface area contributed by atoms with Crippen LogP contribution in [0.4, 0.5) is 0 Å². The van der Waals surface area contributed by atoms with E-state index in [1.807, 2.05) is 6.08 Å². The second kappa shape index (κ2) is 57.8. The Balaban J connectivity index is 2.59. The molecule has 0 bridgehead atoms. The van der Waals surface area contributed by atoms with Gasteiger partial charge < -0.3 is 45.1 Å². The molecule has 6 N–H and O–H groups in total. The van der Waals surface area contributed by atoms with Crippen LogP contribution in [0.5, 0.6) is 0 Å². The summed E-state index contributed by atoms with van der Waals surface area (Å²) in [7, 11) is 0. The maximum atomic E-state index is 13.4. The van der Waals surface area contributed by atoms with Crippen LogP contribution in [0.1, 0.15) is 310 Å². The van der Waals surface area contributed by atoms with Gasteiger partial charge in [-0.25, -0.2) is 0 Å². The predicted octanol–water partition coefficient (Wildman–Crippen LogP) is 17.0. The third-order valence-electron chi connectivity index (χ3n) is 15.9. The van der Waals surface area contributed by atoms with Crippen molar-refractivity contribution >= 4 is 11.9 Å². The molecule has 1 aliphatic heterocycles. The van der Waals surface area contributed by atoms with Crippen molar-refractivity contribution in [3.63, 3.8) is 0 Å². The molecule has 0 aromatic carbocycles. The Hall–Kier alpha value is -2.64. The first-order valence-corrected chi connectivity index (χ1v) is 34.1. The molecule has 1 heterocycles. The number of carbonyl (C=O) groups excluding carboxylic acids is 2. The van der Waals surface area contributed by atoms with Crippen molar-refractivity contribution in [3.05, 3.63) is 60.8 Å². The van der Waals surface area contributed by atoms with Crippen LogP contribution in [0.25, 0.3) is 0 Å². The topological polar surface area (TPSA) is 175 Å². The lowest BCUT2D eigenvalue weighted by Crippen LogP contribution is -2.61. The van der Waals surface area contributed by atoms with Gasteiger partial charge in [-0.05, 0) is 89.9 Å². The average molecular weight is 1140 g/mol. The molecule has 8 atom stereocenters. The van der Waals surface area contributed by atoms with Crippen LogP contribution in [-0.2, 0) is 23.8 Å². The van der Waals surface area contributed by atoms with Crippen molar-refractivity contribution in [2.24, 2.45) is 0 Å². The maximum absolute atomic E-state index is 13.4. The molecule has 0 spiro atoms. The van der Waals surface area contributed by atoms with E-state index in [4.69, 9.17) is 14.2 Å². The van der Waals surface area contributed by atoms with E-state index in [0.29, 0.717) is 12.8 Å². The van der Waals surface area contributed by atoms with Gasteiger partial charge in [0.2, 0.25) is 5.91 Å². The van der Waals surface area contributed by atoms with E-state index in [2.05, 4.69) is 74.7 Å². The zero-order chi connectivity index (χ0) is 58.9. The number of aliphatic hydroxyl groups is 5. The molecule has 1 amide bonds. The third kappa shape index (κ3) is 45.4. The molecule has 1 fully saturated rings. The smallest absolute Gasteiger partial charge is 0.306 e. The fourth-order valence-corrected chi connectivity index (χ4v) is 10.5. The van der Waals surface area contributed by atoms with Gasteiger partial charge in [0.15, 0.2) is 12.4 Å². The van der Waals surface area contributed by atoms with Gasteiger partial charge in [0.1, 0.15) is 24.4 Å². The van der Waals surface area contributed by atoms with Gasteiger partial charge >= 0.3 is 5.97 Å². The number of amides is 1. The molecule has 1 saturated heterocycles. The van der Waals surface area contributed by atoms with E-state index in [-0.39, 0.29) is 19.4 Å². The summed E-state index contributed by atoms with van der Waals surface area (Å²) in [6.45, 7) is 5.77. The molecule has 0 aliphatic carbocycles.